The van der Waals surface area contributed by atoms with Gasteiger partial charge in [-0.2, -0.15) is 0 Å². The van der Waals surface area contributed by atoms with Crippen molar-refractivity contribution in [1.29, 1.82) is 0 Å². The Bertz CT molecular complexity index is 813. The van der Waals surface area contributed by atoms with Gasteiger partial charge in [-0.15, -0.1) is 10.2 Å². The summed E-state index contributed by atoms with van der Waals surface area (Å²) >= 11 is 4.67. The minimum Gasteiger partial charge on any atom is -0.411 e. The van der Waals surface area contributed by atoms with Crippen molar-refractivity contribution in [3.63, 3.8) is 0 Å². The third-order valence-corrected chi connectivity index (χ3v) is 5.88. The number of nitrogens with zero attached hydrogens (tertiary/aromatic N) is 3. The Morgan fingerprint density at radius 3 is 2.88 bits per heavy atom. The molecule has 2 N–H and O–H groups in total. The molecule has 1 aromatic heterocycles. The molecule has 2 unspecified atom stereocenters. The summed E-state index contributed by atoms with van der Waals surface area (Å²) in [4.78, 5) is 25.7. The number of nitrogens with two attached hydrogens (primary N) is 1. The van der Waals surface area contributed by atoms with Crippen molar-refractivity contribution in [2.75, 3.05) is 13.1 Å². The van der Waals surface area contributed by atoms with Crippen LogP contribution in [0.5, 0.6) is 0 Å². The molecule has 0 radical (unpaired) electrons. The van der Waals surface area contributed by atoms with Gasteiger partial charge in [-0.1, -0.05) is 23.9 Å². The van der Waals surface area contributed by atoms with Gasteiger partial charge in [0, 0.05) is 17.6 Å². The van der Waals surface area contributed by atoms with Crippen LogP contribution in [0.2, 0.25) is 0 Å². The molecule has 1 aromatic carbocycles. The number of likely N-dealkylation sites (tertiary alicyclic amines) is 1. The molecule has 0 spiro atoms. The summed E-state index contributed by atoms with van der Waals surface area (Å²) in [5, 5.41) is 8.02. The summed E-state index contributed by atoms with van der Waals surface area (Å²) in [5.41, 5.74) is 6.18. The Balaban J connectivity index is 1.65. The first-order chi connectivity index (χ1) is 12.5. The zero-order chi connectivity index (χ0) is 18.7. The Kier molecular flexibility index (Phi) is 5.98. The first kappa shape index (κ1) is 18.9. The maximum atomic E-state index is 12.7. The summed E-state index contributed by atoms with van der Waals surface area (Å²) in [6.07, 6.45) is 1.52. The zero-order valence-electron chi connectivity index (χ0n) is 14.2. The summed E-state index contributed by atoms with van der Waals surface area (Å²) in [6.45, 7) is 2.81. The number of amides is 2. The van der Waals surface area contributed by atoms with Crippen LogP contribution in [0.25, 0.3) is 11.5 Å². The highest BCUT2D eigenvalue weighted by atomic mass is 79.9. The molecule has 26 heavy (non-hydrogen) atoms. The monoisotopic (exact) mass is 438 g/mol. The summed E-state index contributed by atoms with van der Waals surface area (Å²) in [6, 6.07) is 7.55. The third kappa shape index (κ3) is 4.27. The number of thioether (sulfide) groups is 1. The molecule has 2 atom stereocenters. The second-order valence-corrected chi connectivity index (χ2v) is 8.29. The fourth-order valence-corrected chi connectivity index (χ4v) is 4.09. The van der Waals surface area contributed by atoms with Crippen molar-refractivity contribution in [3.05, 3.63) is 28.7 Å². The lowest BCUT2D eigenvalue weighted by molar-refractivity contribution is -0.134. The molecule has 2 heterocycles. The van der Waals surface area contributed by atoms with Gasteiger partial charge in [0.1, 0.15) is 0 Å². The van der Waals surface area contributed by atoms with Crippen molar-refractivity contribution in [1.82, 2.24) is 15.1 Å². The van der Waals surface area contributed by atoms with Gasteiger partial charge in [0.15, 0.2) is 0 Å². The normalized spacial score (nSPS) is 18.5. The van der Waals surface area contributed by atoms with Crippen molar-refractivity contribution in [2.45, 2.75) is 30.2 Å². The molecule has 3 rings (SSSR count). The van der Waals surface area contributed by atoms with Crippen LogP contribution in [0.4, 0.5) is 0 Å². The van der Waals surface area contributed by atoms with Gasteiger partial charge >= 0.3 is 0 Å². The van der Waals surface area contributed by atoms with E-state index in [4.69, 9.17) is 10.2 Å². The largest absolute Gasteiger partial charge is 0.411 e. The van der Waals surface area contributed by atoms with E-state index in [0.29, 0.717) is 24.2 Å². The molecule has 0 saturated carbocycles. The van der Waals surface area contributed by atoms with Crippen LogP contribution in [0.3, 0.4) is 0 Å². The molecule has 1 fully saturated rings. The van der Waals surface area contributed by atoms with E-state index in [1.807, 2.05) is 24.3 Å². The average molecular weight is 439 g/mol. The van der Waals surface area contributed by atoms with E-state index in [1.165, 1.54) is 11.8 Å². The number of carbonyl (C=O) groups is 2. The predicted molar refractivity (Wildman–Crippen MR) is 101 cm³/mol. The summed E-state index contributed by atoms with van der Waals surface area (Å²) in [5.74, 6) is -0.277. The summed E-state index contributed by atoms with van der Waals surface area (Å²) < 4.78 is 6.54. The van der Waals surface area contributed by atoms with Crippen LogP contribution in [0.1, 0.15) is 19.8 Å². The van der Waals surface area contributed by atoms with Crippen LogP contribution >= 0.6 is 27.7 Å². The van der Waals surface area contributed by atoms with Gasteiger partial charge in [-0.3, -0.25) is 9.59 Å². The van der Waals surface area contributed by atoms with Gasteiger partial charge in [-0.05, 0) is 47.8 Å². The number of benzene rings is 1. The molecule has 0 aliphatic carbocycles. The maximum Gasteiger partial charge on any atom is 0.277 e. The predicted octanol–water partition coefficient (Wildman–Crippen LogP) is 2.70. The molecule has 1 saturated heterocycles. The Morgan fingerprint density at radius 1 is 1.38 bits per heavy atom. The Labute approximate surface area is 163 Å². The fourth-order valence-electron chi connectivity index (χ4n) is 2.87. The molecule has 0 bridgehead atoms. The van der Waals surface area contributed by atoms with Gasteiger partial charge < -0.3 is 15.1 Å². The molecule has 2 aromatic rings. The highest BCUT2D eigenvalue weighted by Crippen LogP contribution is 2.31. The molecule has 1 aliphatic rings. The van der Waals surface area contributed by atoms with Crippen LogP contribution in [0, 0.1) is 5.92 Å². The average Bonchev–Trinajstić information content (AvgIpc) is 3.09. The van der Waals surface area contributed by atoms with E-state index >= 15 is 0 Å². The van der Waals surface area contributed by atoms with E-state index in [9.17, 15) is 9.59 Å². The van der Waals surface area contributed by atoms with E-state index in [1.54, 1.807) is 11.8 Å². The van der Waals surface area contributed by atoms with Crippen molar-refractivity contribution < 1.29 is 14.0 Å². The first-order valence-corrected chi connectivity index (χ1v) is 9.96. The highest BCUT2D eigenvalue weighted by Gasteiger charge is 2.30. The topological polar surface area (TPSA) is 102 Å². The molecule has 138 valence electrons. The first-order valence-electron chi connectivity index (χ1n) is 8.29. The fraction of sp³-hybridized carbons (Fsp3) is 0.412. The molecule has 1 aliphatic heterocycles. The second-order valence-electron chi connectivity index (χ2n) is 6.14. The van der Waals surface area contributed by atoms with Crippen LogP contribution in [-0.4, -0.2) is 45.3 Å². The third-order valence-electron chi connectivity index (χ3n) is 4.27. The van der Waals surface area contributed by atoms with Gasteiger partial charge in [0.2, 0.25) is 17.7 Å². The number of carbonyl (C=O) groups excluding carboxylic acids is 2. The van der Waals surface area contributed by atoms with Crippen LogP contribution in [-0.2, 0) is 9.59 Å². The van der Waals surface area contributed by atoms with Crippen molar-refractivity contribution in [2.24, 2.45) is 11.7 Å². The minimum atomic E-state index is -0.394. The van der Waals surface area contributed by atoms with Crippen LogP contribution in [0.15, 0.2) is 38.4 Å². The lowest BCUT2D eigenvalue weighted by Crippen LogP contribution is -2.46. The number of piperidine rings is 1. The lowest BCUT2D eigenvalue weighted by atomic mass is 9.97. The quantitative estimate of drug-likeness (QED) is 0.719. The molecular weight excluding hydrogens is 420 g/mol. The number of hydrogen-bond acceptors (Lipinski definition) is 6. The molecule has 9 heteroatoms. The van der Waals surface area contributed by atoms with E-state index in [0.717, 1.165) is 22.9 Å². The molecular formula is C17H19BrN4O3S. The summed E-state index contributed by atoms with van der Waals surface area (Å²) in [7, 11) is 0. The number of primary amides is 1. The number of aromatic nitrogens is 2. The maximum absolute atomic E-state index is 12.7. The lowest BCUT2D eigenvalue weighted by Gasteiger charge is -2.32. The standard InChI is InChI=1S/C17H19BrN4O3S/c1-10(16(24)22-8-4-5-11(9-22)14(19)23)26-17-21-20-15(25-17)12-6-2-3-7-13(12)18/h2-3,6-7,10-11H,4-5,8-9H2,1H3,(H2,19,23). The van der Waals surface area contributed by atoms with Gasteiger partial charge in [-0.25, -0.2) is 0 Å². The Hall–Kier alpha value is -1.87. The minimum absolute atomic E-state index is 0.0541. The highest BCUT2D eigenvalue weighted by molar-refractivity contribution is 9.10. The zero-order valence-corrected chi connectivity index (χ0v) is 16.6. The van der Waals surface area contributed by atoms with Crippen molar-refractivity contribution in [3.8, 4) is 11.5 Å². The smallest absolute Gasteiger partial charge is 0.277 e. The van der Waals surface area contributed by atoms with E-state index in [2.05, 4.69) is 26.1 Å². The van der Waals surface area contributed by atoms with Gasteiger partial charge in [0.05, 0.1) is 16.7 Å². The van der Waals surface area contributed by atoms with Crippen LogP contribution < -0.4 is 5.73 Å². The number of rotatable bonds is 5. The van der Waals surface area contributed by atoms with E-state index < -0.39 is 5.25 Å². The molecule has 2 amide bonds. The van der Waals surface area contributed by atoms with Crippen molar-refractivity contribution >= 4 is 39.5 Å². The number of halogens is 1. The Morgan fingerprint density at radius 2 is 2.15 bits per heavy atom. The molecule has 7 nitrogen and oxygen atoms in total. The second kappa shape index (κ2) is 8.22. The number of hydrogen-bond donors (Lipinski definition) is 1. The van der Waals surface area contributed by atoms with Gasteiger partial charge in [0.25, 0.3) is 5.22 Å². The van der Waals surface area contributed by atoms with E-state index in [-0.39, 0.29) is 17.7 Å². The SMILES string of the molecule is CC(Sc1nnc(-c2ccccc2Br)o1)C(=O)N1CCCC(C(N)=O)C1.